The van der Waals surface area contributed by atoms with Crippen LogP contribution in [0.15, 0.2) is 24.5 Å². The third-order valence-corrected chi connectivity index (χ3v) is 2.42. The predicted molar refractivity (Wildman–Crippen MR) is 66.2 cm³/mol. The summed E-state index contributed by atoms with van der Waals surface area (Å²) in [7, 11) is 0. The maximum absolute atomic E-state index is 8.63. The molecule has 4 heteroatoms. The Kier molecular flexibility index (Phi) is 6.96. The maximum Gasteiger partial charge on any atom is 0.0635 e. The van der Waals surface area contributed by atoms with Crippen molar-refractivity contribution >= 4 is 0 Å². The first-order valence-electron chi connectivity index (χ1n) is 5.92. The lowest BCUT2D eigenvalue weighted by atomic mass is 10.2. The highest BCUT2D eigenvalue weighted by molar-refractivity contribution is 5.08. The first kappa shape index (κ1) is 13.6. The topological polar surface area (TPSA) is 49.1 Å². The van der Waals surface area contributed by atoms with Gasteiger partial charge >= 0.3 is 0 Å². The van der Waals surface area contributed by atoms with Crippen molar-refractivity contribution in [2.24, 2.45) is 0 Å². The zero-order valence-electron chi connectivity index (χ0n) is 10.3. The molecule has 0 aliphatic heterocycles. The van der Waals surface area contributed by atoms with Crippen LogP contribution in [0.2, 0.25) is 0 Å². The molecule has 0 aliphatic rings. The van der Waals surface area contributed by atoms with Crippen LogP contribution in [0, 0.1) is 11.3 Å². The fraction of sp³-hybridized carbons (Fsp3) is 0.538. The lowest BCUT2D eigenvalue weighted by Gasteiger charge is -2.20. The van der Waals surface area contributed by atoms with Gasteiger partial charge in [-0.2, -0.15) is 5.26 Å². The normalized spacial score (nSPS) is 10.4. The molecule has 0 fully saturated rings. The van der Waals surface area contributed by atoms with E-state index < -0.39 is 0 Å². The largest absolute Gasteiger partial charge is 0.380 e. The van der Waals surface area contributed by atoms with E-state index >= 15 is 0 Å². The van der Waals surface area contributed by atoms with Gasteiger partial charge in [-0.05, 0) is 18.6 Å². The number of rotatable bonds is 8. The van der Waals surface area contributed by atoms with Crippen molar-refractivity contribution in [2.45, 2.75) is 19.9 Å². The van der Waals surface area contributed by atoms with Crippen LogP contribution in [0.3, 0.4) is 0 Å². The third kappa shape index (κ3) is 6.00. The minimum absolute atomic E-state index is 0.548. The molecule has 0 radical (unpaired) electrons. The zero-order valence-corrected chi connectivity index (χ0v) is 10.3. The Morgan fingerprint density at radius 3 is 3.00 bits per heavy atom. The molecule has 0 saturated heterocycles. The second kappa shape index (κ2) is 8.68. The van der Waals surface area contributed by atoms with Crippen molar-refractivity contribution in [3.63, 3.8) is 0 Å². The molecule has 0 atom stereocenters. The predicted octanol–water partition coefficient (Wildman–Crippen LogP) is 1.83. The molecule has 1 aromatic rings. The van der Waals surface area contributed by atoms with E-state index in [2.05, 4.69) is 16.0 Å². The van der Waals surface area contributed by atoms with Gasteiger partial charge in [-0.15, -0.1) is 0 Å². The number of ether oxygens (including phenoxy) is 1. The molecule has 1 aromatic heterocycles. The summed E-state index contributed by atoms with van der Waals surface area (Å²) in [5.41, 5.74) is 1.17. The van der Waals surface area contributed by atoms with E-state index in [0.29, 0.717) is 13.0 Å². The molecule has 0 N–H and O–H groups in total. The average molecular weight is 233 g/mol. The lowest BCUT2D eigenvalue weighted by molar-refractivity contribution is 0.111. The van der Waals surface area contributed by atoms with Crippen molar-refractivity contribution in [3.05, 3.63) is 30.1 Å². The molecule has 1 heterocycles. The number of nitrogens with zero attached hydrogens (tertiary/aromatic N) is 3. The summed E-state index contributed by atoms with van der Waals surface area (Å²) in [6, 6.07) is 6.16. The quantitative estimate of drug-likeness (QED) is 0.643. The van der Waals surface area contributed by atoms with Crippen molar-refractivity contribution in [1.82, 2.24) is 9.88 Å². The summed E-state index contributed by atoms with van der Waals surface area (Å²) >= 11 is 0. The summed E-state index contributed by atoms with van der Waals surface area (Å²) in [6.45, 7) is 5.88. The molecule has 1 rings (SSSR count). The first-order valence-corrected chi connectivity index (χ1v) is 5.92. The van der Waals surface area contributed by atoms with Crippen LogP contribution >= 0.6 is 0 Å². The molecule has 0 aliphatic carbocycles. The molecule has 4 nitrogen and oxygen atoms in total. The van der Waals surface area contributed by atoms with Crippen LogP contribution in [-0.2, 0) is 11.3 Å². The molecule has 0 bridgehead atoms. The maximum atomic E-state index is 8.63. The van der Waals surface area contributed by atoms with Crippen molar-refractivity contribution in [3.8, 4) is 6.07 Å². The summed E-state index contributed by atoms with van der Waals surface area (Å²) < 4.78 is 5.34. The highest BCUT2D eigenvalue weighted by Crippen LogP contribution is 2.03. The summed E-state index contributed by atoms with van der Waals surface area (Å²) in [6.07, 6.45) is 4.18. The summed E-state index contributed by atoms with van der Waals surface area (Å²) in [5.74, 6) is 0. The average Bonchev–Trinajstić information content (AvgIpc) is 2.37. The monoisotopic (exact) mass is 233 g/mol. The molecule has 0 unspecified atom stereocenters. The summed E-state index contributed by atoms with van der Waals surface area (Å²) in [4.78, 5) is 6.31. The Balaban J connectivity index is 2.42. The van der Waals surface area contributed by atoms with Gasteiger partial charge in [0.2, 0.25) is 0 Å². The van der Waals surface area contributed by atoms with E-state index in [4.69, 9.17) is 10.00 Å². The number of nitriles is 1. The number of pyridine rings is 1. The highest BCUT2D eigenvalue weighted by atomic mass is 16.5. The molecule has 17 heavy (non-hydrogen) atoms. The smallest absolute Gasteiger partial charge is 0.0635 e. The van der Waals surface area contributed by atoms with Gasteiger partial charge in [0, 0.05) is 45.1 Å². The van der Waals surface area contributed by atoms with Gasteiger partial charge in [0.25, 0.3) is 0 Å². The lowest BCUT2D eigenvalue weighted by Crippen LogP contribution is -2.28. The molecule has 92 valence electrons. The minimum Gasteiger partial charge on any atom is -0.380 e. The molecule has 0 amide bonds. The highest BCUT2D eigenvalue weighted by Gasteiger charge is 2.05. The van der Waals surface area contributed by atoms with Gasteiger partial charge in [0.05, 0.1) is 12.7 Å². The third-order valence-electron chi connectivity index (χ3n) is 2.42. The van der Waals surface area contributed by atoms with Gasteiger partial charge < -0.3 is 4.74 Å². The van der Waals surface area contributed by atoms with Crippen LogP contribution in [0.1, 0.15) is 18.9 Å². The van der Waals surface area contributed by atoms with Crippen molar-refractivity contribution in [2.75, 3.05) is 26.3 Å². The minimum atomic E-state index is 0.548. The molecular weight excluding hydrogens is 214 g/mol. The van der Waals surface area contributed by atoms with Crippen LogP contribution in [0.25, 0.3) is 0 Å². The number of hydrogen-bond donors (Lipinski definition) is 0. The molecule has 0 spiro atoms. The summed E-state index contributed by atoms with van der Waals surface area (Å²) in [5, 5.41) is 8.63. The van der Waals surface area contributed by atoms with Gasteiger partial charge in [-0.3, -0.25) is 9.88 Å². The Bertz CT molecular complexity index is 334. The molecule has 0 aromatic carbocycles. The van der Waals surface area contributed by atoms with Gasteiger partial charge in [0.15, 0.2) is 0 Å². The SMILES string of the molecule is CCOCCN(CCC#N)Cc1cccnc1. The Labute approximate surface area is 103 Å². The van der Waals surface area contributed by atoms with Crippen LogP contribution in [0.4, 0.5) is 0 Å². The Hall–Kier alpha value is -1.44. The number of aromatic nitrogens is 1. The van der Waals surface area contributed by atoms with Crippen LogP contribution in [-0.4, -0.2) is 36.2 Å². The fourth-order valence-corrected chi connectivity index (χ4v) is 1.57. The van der Waals surface area contributed by atoms with E-state index in [9.17, 15) is 0 Å². The zero-order chi connectivity index (χ0) is 12.3. The van der Waals surface area contributed by atoms with Crippen molar-refractivity contribution in [1.29, 1.82) is 5.26 Å². The van der Waals surface area contributed by atoms with Gasteiger partial charge in [-0.1, -0.05) is 6.07 Å². The molecule has 0 saturated carbocycles. The molecular formula is C13H19N3O. The number of hydrogen-bond acceptors (Lipinski definition) is 4. The van der Waals surface area contributed by atoms with E-state index in [1.54, 1.807) is 6.20 Å². The Morgan fingerprint density at radius 2 is 2.35 bits per heavy atom. The van der Waals surface area contributed by atoms with Gasteiger partial charge in [0.1, 0.15) is 0 Å². The van der Waals surface area contributed by atoms with Gasteiger partial charge in [-0.25, -0.2) is 0 Å². The van der Waals surface area contributed by atoms with E-state index in [-0.39, 0.29) is 0 Å². The fourth-order valence-electron chi connectivity index (χ4n) is 1.57. The second-order valence-electron chi connectivity index (χ2n) is 3.74. The van der Waals surface area contributed by atoms with Crippen LogP contribution in [0.5, 0.6) is 0 Å². The Morgan fingerprint density at radius 1 is 1.47 bits per heavy atom. The van der Waals surface area contributed by atoms with E-state index in [1.807, 2.05) is 25.3 Å². The second-order valence-corrected chi connectivity index (χ2v) is 3.74. The standard InChI is InChI=1S/C13H19N3O/c1-2-17-10-9-16(8-4-6-14)12-13-5-3-7-15-11-13/h3,5,7,11H,2,4,8-10,12H2,1H3. The van der Waals surface area contributed by atoms with Crippen molar-refractivity contribution < 1.29 is 4.74 Å². The first-order chi connectivity index (χ1) is 8.36. The van der Waals surface area contributed by atoms with Crippen LogP contribution < -0.4 is 0 Å². The van der Waals surface area contributed by atoms with E-state index in [0.717, 1.165) is 26.2 Å². The van der Waals surface area contributed by atoms with E-state index in [1.165, 1.54) is 5.56 Å².